The zero-order valence-electron chi connectivity index (χ0n) is 21.3. The molecule has 0 aliphatic carbocycles. The maximum atomic E-state index is 12.3. The molecule has 4 rings (SSSR count). The van der Waals surface area contributed by atoms with Crippen molar-refractivity contribution < 1.29 is 19.4 Å². The summed E-state index contributed by atoms with van der Waals surface area (Å²) < 4.78 is 5.72. The van der Waals surface area contributed by atoms with Crippen LogP contribution < -0.4 is 25.6 Å². The molecule has 2 amide bonds. The van der Waals surface area contributed by atoms with Gasteiger partial charge in [-0.15, -0.1) is 0 Å². The third-order valence-electron chi connectivity index (χ3n) is 7.09. The molecule has 0 spiro atoms. The predicted molar refractivity (Wildman–Crippen MR) is 147 cm³/mol. The van der Waals surface area contributed by atoms with E-state index in [2.05, 4.69) is 45.1 Å². The molecule has 1 saturated heterocycles. The van der Waals surface area contributed by atoms with Gasteiger partial charge in [0.05, 0.1) is 13.2 Å². The van der Waals surface area contributed by atoms with Gasteiger partial charge in [-0.05, 0) is 54.7 Å². The van der Waals surface area contributed by atoms with E-state index in [0.717, 1.165) is 53.9 Å². The van der Waals surface area contributed by atoms with E-state index in [1.54, 1.807) is 12.0 Å². The van der Waals surface area contributed by atoms with Crippen molar-refractivity contribution in [2.75, 3.05) is 38.7 Å². The molecule has 2 aliphatic heterocycles. The SMILES string of the molecule is COc1cc2c(cc1CNC1CCCN(C(=S)NCCNC(=O)O)C1c1ccccc1)N(C)C(=O)CC2. The van der Waals surface area contributed by atoms with E-state index in [4.69, 9.17) is 22.1 Å². The highest BCUT2D eigenvalue weighted by atomic mass is 32.1. The number of benzene rings is 2. The van der Waals surface area contributed by atoms with Gasteiger partial charge in [0.2, 0.25) is 5.91 Å². The molecule has 10 heteroatoms. The maximum absolute atomic E-state index is 12.3. The molecule has 2 heterocycles. The van der Waals surface area contributed by atoms with Gasteiger partial charge in [-0.2, -0.15) is 0 Å². The number of methoxy groups -OCH3 is 1. The number of piperidine rings is 1. The Morgan fingerprint density at radius 2 is 1.92 bits per heavy atom. The number of carbonyl (C=O) groups excluding carboxylic acids is 1. The smallest absolute Gasteiger partial charge is 0.404 e. The van der Waals surface area contributed by atoms with Gasteiger partial charge in [-0.1, -0.05) is 30.3 Å². The number of carboxylic acid groups (broad SMARTS) is 1. The number of aryl methyl sites for hydroxylation is 1. The first-order chi connectivity index (χ1) is 17.9. The Balaban J connectivity index is 1.53. The van der Waals surface area contributed by atoms with Crippen LogP contribution in [0.5, 0.6) is 5.75 Å². The number of thiocarbonyl (C=S) groups is 1. The zero-order valence-corrected chi connectivity index (χ0v) is 22.1. The Kier molecular flexibility index (Phi) is 8.83. The van der Waals surface area contributed by atoms with Crippen molar-refractivity contribution in [2.24, 2.45) is 0 Å². The lowest BCUT2D eigenvalue weighted by atomic mass is 9.90. The van der Waals surface area contributed by atoms with E-state index in [-0.39, 0.29) is 24.5 Å². The molecule has 4 N–H and O–H groups in total. The fourth-order valence-electron chi connectivity index (χ4n) is 5.22. The van der Waals surface area contributed by atoms with Crippen LogP contribution in [0.15, 0.2) is 42.5 Å². The molecule has 9 nitrogen and oxygen atoms in total. The predicted octanol–water partition coefficient (Wildman–Crippen LogP) is 3.04. The third kappa shape index (κ3) is 6.31. The Labute approximate surface area is 223 Å². The molecule has 2 unspecified atom stereocenters. The Hall–Kier alpha value is -3.37. The normalized spacial score (nSPS) is 19.2. The summed E-state index contributed by atoms with van der Waals surface area (Å²) in [5, 5.41) is 18.8. The van der Waals surface area contributed by atoms with E-state index >= 15 is 0 Å². The molecular weight excluding hydrogens is 490 g/mol. The summed E-state index contributed by atoms with van der Waals surface area (Å²) >= 11 is 5.75. The van der Waals surface area contributed by atoms with Gasteiger partial charge in [-0.3, -0.25) is 4.79 Å². The molecule has 0 radical (unpaired) electrons. The number of fused-ring (bicyclic) bond motifs is 1. The van der Waals surface area contributed by atoms with Gasteiger partial charge in [-0.25, -0.2) is 4.79 Å². The Morgan fingerprint density at radius 1 is 1.16 bits per heavy atom. The fraction of sp³-hybridized carbons (Fsp3) is 0.444. The first kappa shape index (κ1) is 26.7. The summed E-state index contributed by atoms with van der Waals surface area (Å²) in [7, 11) is 3.51. The molecule has 2 aromatic carbocycles. The minimum absolute atomic E-state index is 0.00950. The van der Waals surface area contributed by atoms with Crippen LogP contribution in [-0.2, 0) is 17.8 Å². The van der Waals surface area contributed by atoms with Gasteiger partial charge in [0.15, 0.2) is 5.11 Å². The summed E-state index contributed by atoms with van der Waals surface area (Å²) in [5.74, 6) is 0.948. The van der Waals surface area contributed by atoms with Crippen LogP contribution in [0.3, 0.4) is 0 Å². The summed E-state index contributed by atoms with van der Waals surface area (Å²) in [6.07, 6.45) is 2.13. The molecule has 198 valence electrons. The van der Waals surface area contributed by atoms with Gasteiger partial charge in [0.25, 0.3) is 0 Å². The topological polar surface area (TPSA) is 106 Å². The van der Waals surface area contributed by atoms with Crippen molar-refractivity contribution >= 4 is 35.0 Å². The minimum Gasteiger partial charge on any atom is -0.496 e. The van der Waals surface area contributed by atoms with Gasteiger partial charge in [0, 0.05) is 56.9 Å². The lowest BCUT2D eigenvalue weighted by Gasteiger charge is -2.43. The number of rotatable bonds is 8. The largest absolute Gasteiger partial charge is 0.496 e. The van der Waals surface area contributed by atoms with Gasteiger partial charge in [0.1, 0.15) is 5.75 Å². The first-order valence-corrected chi connectivity index (χ1v) is 13.1. The summed E-state index contributed by atoms with van der Waals surface area (Å²) in [6.45, 7) is 2.09. The van der Waals surface area contributed by atoms with Crippen molar-refractivity contribution in [2.45, 2.75) is 44.3 Å². The molecule has 2 aromatic rings. The molecule has 1 fully saturated rings. The van der Waals surface area contributed by atoms with Crippen LogP contribution in [0.2, 0.25) is 0 Å². The molecule has 2 atom stereocenters. The number of nitrogens with zero attached hydrogens (tertiary/aromatic N) is 2. The quantitative estimate of drug-likeness (QED) is 0.308. The van der Waals surface area contributed by atoms with Crippen LogP contribution in [0, 0.1) is 0 Å². The Morgan fingerprint density at radius 3 is 2.65 bits per heavy atom. The number of ether oxygens (including phenoxy) is 1. The van der Waals surface area contributed by atoms with Crippen LogP contribution in [0.4, 0.5) is 10.5 Å². The summed E-state index contributed by atoms with van der Waals surface area (Å²) in [6, 6.07) is 14.6. The number of likely N-dealkylation sites (tertiary alicyclic amines) is 1. The monoisotopic (exact) mass is 525 g/mol. The highest BCUT2D eigenvalue weighted by Gasteiger charge is 2.34. The lowest BCUT2D eigenvalue weighted by molar-refractivity contribution is -0.118. The lowest BCUT2D eigenvalue weighted by Crippen LogP contribution is -2.53. The molecular formula is C27H35N5O4S. The van der Waals surface area contributed by atoms with Crippen LogP contribution in [0.25, 0.3) is 0 Å². The zero-order chi connectivity index (χ0) is 26.4. The number of hydrogen-bond acceptors (Lipinski definition) is 5. The van der Waals surface area contributed by atoms with Crippen molar-refractivity contribution in [1.82, 2.24) is 20.9 Å². The van der Waals surface area contributed by atoms with Crippen LogP contribution in [0.1, 0.15) is 42.0 Å². The average Bonchev–Trinajstić information content (AvgIpc) is 2.91. The third-order valence-corrected chi connectivity index (χ3v) is 7.47. The van der Waals surface area contributed by atoms with E-state index in [1.165, 1.54) is 0 Å². The van der Waals surface area contributed by atoms with Gasteiger partial charge >= 0.3 is 6.09 Å². The van der Waals surface area contributed by atoms with Crippen molar-refractivity contribution in [3.63, 3.8) is 0 Å². The fourth-order valence-corrected chi connectivity index (χ4v) is 5.53. The number of amides is 2. The molecule has 2 aliphatic rings. The highest BCUT2D eigenvalue weighted by Crippen LogP contribution is 2.35. The summed E-state index contributed by atoms with van der Waals surface area (Å²) in [4.78, 5) is 27.0. The van der Waals surface area contributed by atoms with Gasteiger partial charge < -0.3 is 35.6 Å². The molecule has 0 bridgehead atoms. The minimum atomic E-state index is -1.05. The number of hydrogen-bond donors (Lipinski definition) is 4. The van der Waals surface area contributed by atoms with Crippen molar-refractivity contribution in [3.8, 4) is 5.75 Å². The first-order valence-electron chi connectivity index (χ1n) is 12.6. The molecule has 37 heavy (non-hydrogen) atoms. The Bertz CT molecular complexity index is 1130. The average molecular weight is 526 g/mol. The summed E-state index contributed by atoms with van der Waals surface area (Å²) in [5.41, 5.74) is 4.24. The second kappa shape index (κ2) is 12.2. The van der Waals surface area contributed by atoms with Crippen LogP contribution >= 0.6 is 12.2 Å². The van der Waals surface area contributed by atoms with Crippen LogP contribution in [-0.4, -0.2) is 67.0 Å². The van der Waals surface area contributed by atoms with Crippen molar-refractivity contribution in [3.05, 3.63) is 59.2 Å². The van der Waals surface area contributed by atoms with E-state index < -0.39 is 6.09 Å². The number of anilines is 1. The van der Waals surface area contributed by atoms with E-state index in [9.17, 15) is 9.59 Å². The second-order valence-corrected chi connectivity index (χ2v) is 9.77. The second-order valence-electron chi connectivity index (χ2n) is 9.39. The number of carbonyl (C=O) groups is 2. The maximum Gasteiger partial charge on any atom is 0.404 e. The standard InChI is InChI=1S/C27H35N5O4S/c1-31-22-15-20(23(36-2)16-19(22)10-11-24(31)33)17-30-21-9-6-14-32(25(21)18-7-4-3-5-8-18)26(37)28-12-13-29-27(34)35/h3-5,7-8,15-16,21,25,29-30H,6,9-14,17H2,1-2H3,(H,28,37)(H,34,35). The molecule has 0 saturated carbocycles. The van der Waals surface area contributed by atoms with E-state index in [0.29, 0.717) is 24.6 Å². The molecule has 0 aromatic heterocycles. The number of nitrogens with one attached hydrogen (secondary N) is 3. The van der Waals surface area contributed by atoms with Crippen molar-refractivity contribution in [1.29, 1.82) is 0 Å². The van der Waals surface area contributed by atoms with E-state index in [1.807, 2.05) is 25.2 Å². The highest BCUT2D eigenvalue weighted by molar-refractivity contribution is 7.80.